The largest absolute Gasteiger partial charge is 0.396 e. The van der Waals surface area contributed by atoms with Gasteiger partial charge in [-0.3, -0.25) is 4.72 Å². The lowest BCUT2D eigenvalue weighted by Gasteiger charge is -2.10. The number of hydrogen-bond donors (Lipinski definition) is 2. The number of anilines is 1. The van der Waals surface area contributed by atoms with Crippen molar-refractivity contribution in [2.24, 2.45) is 0 Å². The van der Waals surface area contributed by atoms with E-state index in [1.165, 1.54) is 24.3 Å². The molecule has 0 fully saturated rings. The highest BCUT2D eigenvalue weighted by Gasteiger charge is 2.18. The van der Waals surface area contributed by atoms with Gasteiger partial charge < -0.3 is 5.11 Å². The lowest BCUT2D eigenvalue weighted by atomic mass is 10.2. The van der Waals surface area contributed by atoms with Gasteiger partial charge in [-0.2, -0.15) is 0 Å². The number of rotatable bonds is 5. The summed E-state index contributed by atoms with van der Waals surface area (Å²) in [5, 5.41) is 8.80. The van der Waals surface area contributed by atoms with Gasteiger partial charge >= 0.3 is 0 Å². The minimum Gasteiger partial charge on any atom is -0.396 e. The van der Waals surface area contributed by atoms with Gasteiger partial charge in [-0.25, -0.2) is 12.8 Å². The first-order chi connectivity index (χ1) is 9.94. The summed E-state index contributed by atoms with van der Waals surface area (Å²) in [6.07, 6.45) is 0.437. The minimum atomic E-state index is -3.93. The molecule has 0 radical (unpaired) electrons. The van der Waals surface area contributed by atoms with Crippen molar-refractivity contribution in [3.63, 3.8) is 0 Å². The van der Waals surface area contributed by atoms with E-state index in [1.807, 2.05) is 0 Å². The lowest BCUT2D eigenvalue weighted by Crippen LogP contribution is -2.14. The standard InChI is InChI=1S/C14H13ClFNO3S/c15-12-2-1-3-13(16)14(12)17-21(19,20)11-6-4-10(5-7-11)8-9-18/h1-7,17-18H,8-9H2. The van der Waals surface area contributed by atoms with Gasteiger partial charge in [0.2, 0.25) is 0 Å². The fourth-order valence-corrected chi connectivity index (χ4v) is 3.11. The van der Waals surface area contributed by atoms with Gasteiger partial charge in [-0.05, 0) is 36.2 Å². The Balaban J connectivity index is 2.30. The van der Waals surface area contributed by atoms with Crippen LogP contribution in [0.15, 0.2) is 47.4 Å². The van der Waals surface area contributed by atoms with Crippen molar-refractivity contribution in [3.8, 4) is 0 Å². The van der Waals surface area contributed by atoms with E-state index in [4.69, 9.17) is 16.7 Å². The molecule has 0 bridgehead atoms. The van der Waals surface area contributed by atoms with Crippen LogP contribution in [0, 0.1) is 5.82 Å². The smallest absolute Gasteiger partial charge is 0.262 e. The second-order valence-electron chi connectivity index (χ2n) is 4.32. The molecule has 112 valence electrons. The van der Waals surface area contributed by atoms with Gasteiger partial charge in [0.1, 0.15) is 11.5 Å². The third-order valence-corrected chi connectivity index (χ3v) is 4.51. The monoisotopic (exact) mass is 329 g/mol. The van der Waals surface area contributed by atoms with Crippen LogP contribution in [0.4, 0.5) is 10.1 Å². The van der Waals surface area contributed by atoms with E-state index < -0.39 is 15.8 Å². The highest BCUT2D eigenvalue weighted by Crippen LogP contribution is 2.27. The van der Waals surface area contributed by atoms with Crippen LogP contribution in [-0.4, -0.2) is 20.1 Å². The minimum absolute atomic E-state index is 0.0106. The summed E-state index contributed by atoms with van der Waals surface area (Å²) in [4.78, 5) is -0.0106. The van der Waals surface area contributed by atoms with Crippen LogP contribution in [0.2, 0.25) is 5.02 Å². The predicted molar refractivity (Wildman–Crippen MR) is 79.5 cm³/mol. The normalized spacial score (nSPS) is 11.4. The maximum absolute atomic E-state index is 13.6. The maximum atomic E-state index is 13.6. The van der Waals surface area contributed by atoms with Gasteiger partial charge in [-0.15, -0.1) is 0 Å². The Labute approximate surface area is 127 Å². The number of halogens is 2. The van der Waals surface area contributed by atoms with Crippen LogP contribution in [0.1, 0.15) is 5.56 Å². The van der Waals surface area contributed by atoms with Crippen LogP contribution >= 0.6 is 11.6 Å². The summed E-state index contributed by atoms with van der Waals surface area (Å²) in [5.41, 5.74) is 0.527. The van der Waals surface area contributed by atoms with Crippen molar-refractivity contribution in [2.45, 2.75) is 11.3 Å². The van der Waals surface area contributed by atoms with Gasteiger partial charge in [0.25, 0.3) is 10.0 Å². The van der Waals surface area contributed by atoms with Gasteiger partial charge in [0.05, 0.1) is 9.92 Å². The summed E-state index contributed by atoms with van der Waals surface area (Å²) in [6.45, 7) is -0.0187. The highest BCUT2D eigenvalue weighted by atomic mass is 35.5. The van der Waals surface area contributed by atoms with Crippen molar-refractivity contribution >= 4 is 27.3 Å². The molecule has 2 rings (SSSR count). The molecule has 0 aliphatic rings. The first-order valence-corrected chi connectivity index (χ1v) is 7.97. The SMILES string of the molecule is O=S(=O)(Nc1c(F)cccc1Cl)c1ccc(CCO)cc1. The van der Waals surface area contributed by atoms with E-state index in [2.05, 4.69) is 4.72 Å². The Morgan fingerprint density at radius 1 is 1.14 bits per heavy atom. The molecule has 2 aromatic carbocycles. The number of benzene rings is 2. The van der Waals surface area contributed by atoms with Crippen molar-refractivity contribution in [3.05, 3.63) is 58.9 Å². The van der Waals surface area contributed by atoms with Gasteiger partial charge in [0.15, 0.2) is 0 Å². The molecule has 0 atom stereocenters. The number of para-hydroxylation sites is 1. The second-order valence-corrected chi connectivity index (χ2v) is 6.41. The zero-order chi connectivity index (χ0) is 15.5. The molecule has 0 aliphatic heterocycles. The maximum Gasteiger partial charge on any atom is 0.262 e. The predicted octanol–water partition coefficient (Wildman–Crippen LogP) is 2.81. The molecule has 4 nitrogen and oxygen atoms in total. The van der Waals surface area contributed by atoms with Gasteiger partial charge in [0, 0.05) is 6.61 Å². The van der Waals surface area contributed by atoms with E-state index >= 15 is 0 Å². The van der Waals surface area contributed by atoms with E-state index in [-0.39, 0.29) is 22.2 Å². The van der Waals surface area contributed by atoms with Crippen molar-refractivity contribution < 1.29 is 17.9 Å². The van der Waals surface area contributed by atoms with E-state index in [0.29, 0.717) is 6.42 Å². The molecule has 7 heteroatoms. The molecule has 0 aliphatic carbocycles. The number of hydrogen-bond acceptors (Lipinski definition) is 3. The number of nitrogens with one attached hydrogen (secondary N) is 1. The third kappa shape index (κ3) is 3.72. The summed E-state index contributed by atoms with van der Waals surface area (Å²) >= 11 is 5.79. The quantitative estimate of drug-likeness (QED) is 0.886. The van der Waals surface area contributed by atoms with Crippen molar-refractivity contribution in [2.75, 3.05) is 11.3 Å². The number of aliphatic hydroxyl groups excluding tert-OH is 1. The van der Waals surface area contributed by atoms with Crippen LogP contribution in [0.25, 0.3) is 0 Å². The Morgan fingerprint density at radius 3 is 2.38 bits per heavy atom. The molecule has 2 aromatic rings. The molecule has 0 amide bonds. The Kier molecular flexibility index (Phi) is 4.82. The molecule has 0 heterocycles. The Hall–Kier alpha value is -1.63. The van der Waals surface area contributed by atoms with Crippen molar-refractivity contribution in [1.82, 2.24) is 0 Å². The summed E-state index contributed by atoms with van der Waals surface area (Å²) < 4.78 is 40.1. The molecule has 0 unspecified atom stereocenters. The van der Waals surface area contributed by atoms with Crippen LogP contribution in [0.5, 0.6) is 0 Å². The second kappa shape index (κ2) is 6.43. The molecular formula is C14H13ClFNO3S. The molecule has 0 saturated carbocycles. The molecule has 0 spiro atoms. The van der Waals surface area contributed by atoms with Gasteiger partial charge in [-0.1, -0.05) is 29.8 Å². The first-order valence-electron chi connectivity index (χ1n) is 6.10. The van der Waals surface area contributed by atoms with Crippen LogP contribution in [-0.2, 0) is 16.4 Å². The average Bonchev–Trinajstić information content (AvgIpc) is 2.44. The molecule has 0 saturated heterocycles. The average molecular weight is 330 g/mol. The zero-order valence-corrected chi connectivity index (χ0v) is 12.5. The van der Waals surface area contributed by atoms with E-state index in [9.17, 15) is 12.8 Å². The van der Waals surface area contributed by atoms with E-state index in [1.54, 1.807) is 12.1 Å². The van der Waals surface area contributed by atoms with E-state index in [0.717, 1.165) is 11.6 Å². The molecular weight excluding hydrogens is 317 g/mol. The first kappa shape index (κ1) is 15.8. The topological polar surface area (TPSA) is 66.4 Å². The summed E-state index contributed by atoms with van der Waals surface area (Å²) in [7, 11) is -3.93. The lowest BCUT2D eigenvalue weighted by molar-refractivity contribution is 0.299. The van der Waals surface area contributed by atoms with Crippen LogP contribution in [0.3, 0.4) is 0 Å². The molecule has 0 aromatic heterocycles. The molecule has 21 heavy (non-hydrogen) atoms. The fourth-order valence-electron chi connectivity index (χ4n) is 1.75. The van der Waals surface area contributed by atoms with Crippen LogP contribution < -0.4 is 4.72 Å². The summed E-state index contributed by atoms with van der Waals surface area (Å²) in [6, 6.07) is 9.87. The Morgan fingerprint density at radius 2 is 1.81 bits per heavy atom. The van der Waals surface area contributed by atoms with Crippen molar-refractivity contribution in [1.29, 1.82) is 0 Å². The zero-order valence-electron chi connectivity index (χ0n) is 10.9. The Bertz CT molecular complexity index is 712. The third-order valence-electron chi connectivity index (χ3n) is 2.83. The molecule has 2 N–H and O–H groups in total. The number of sulfonamides is 1. The fraction of sp³-hybridized carbons (Fsp3) is 0.143. The highest BCUT2D eigenvalue weighted by molar-refractivity contribution is 7.92. The summed E-state index contributed by atoms with van der Waals surface area (Å²) in [5.74, 6) is -0.747. The number of aliphatic hydroxyl groups is 1.